The molecule has 20 heavy (non-hydrogen) atoms. The minimum absolute atomic E-state index is 0.0752. The molecule has 1 aromatic rings. The van der Waals surface area contributed by atoms with Gasteiger partial charge < -0.3 is 5.43 Å². The van der Waals surface area contributed by atoms with E-state index in [0.29, 0.717) is 18.4 Å². The van der Waals surface area contributed by atoms with Crippen molar-refractivity contribution in [1.29, 1.82) is 0 Å². The zero-order valence-corrected chi connectivity index (χ0v) is 13.2. The second kappa shape index (κ2) is 7.01. The van der Waals surface area contributed by atoms with Crippen LogP contribution in [0.3, 0.4) is 0 Å². The van der Waals surface area contributed by atoms with Crippen molar-refractivity contribution in [2.75, 3.05) is 12.0 Å². The number of pyridine rings is 1. The number of hydrogen-bond acceptors (Lipinski definition) is 5. The number of nitrogens with two attached hydrogens (primary N) is 1. The van der Waals surface area contributed by atoms with Gasteiger partial charge in [-0.3, -0.25) is 5.84 Å². The third-order valence-electron chi connectivity index (χ3n) is 3.40. The van der Waals surface area contributed by atoms with E-state index in [1.807, 2.05) is 0 Å². The van der Waals surface area contributed by atoms with Gasteiger partial charge >= 0.3 is 0 Å². The molecule has 6 nitrogen and oxygen atoms in total. The standard InChI is InChI=1S/C13H24N4O2S/c1-9(2)11(10(3)4)8-16-20(18,19)13-12(17-14)6-5-7-15-13/h5-7,9-11,16-17H,8,14H2,1-4H3. The number of nitrogen functional groups attached to an aromatic ring is 1. The largest absolute Gasteiger partial charge is 0.321 e. The molecule has 0 spiro atoms. The summed E-state index contributed by atoms with van der Waals surface area (Å²) in [4.78, 5) is 3.90. The van der Waals surface area contributed by atoms with E-state index in [0.717, 1.165) is 0 Å². The topological polar surface area (TPSA) is 97.1 Å². The first-order valence-corrected chi connectivity index (χ1v) is 8.19. The Balaban J connectivity index is 2.90. The van der Waals surface area contributed by atoms with Crippen LogP contribution in [0.1, 0.15) is 27.7 Å². The van der Waals surface area contributed by atoms with E-state index in [-0.39, 0.29) is 16.6 Å². The van der Waals surface area contributed by atoms with Crippen LogP contribution >= 0.6 is 0 Å². The Hall–Kier alpha value is -1.18. The number of nitrogens with zero attached hydrogens (tertiary/aromatic N) is 1. The normalized spacial score (nSPS) is 12.4. The highest BCUT2D eigenvalue weighted by atomic mass is 32.2. The van der Waals surface area contributed by atoms with Crippen LogP contribution in [0.2, 0.25) is 0 Å². The minimum Gasteiger partial charge on any atom is -0.321 e. The van der Waals surface area contributed by atoms with Crippen molar-refractivity contribution in [3.05, 3.63) is 18.3 Å². The summed E-state index contributed by atoms with van der Waals surface area (Å²) in [7, 11) is -3.67. The number of sulfonamides is 1. The monoisotopic (exact) mass is 300 g/mol. The van der Waals surface area contributed by atoms with E-state index < -0.39 is 10.0 Å². The summed E-state index contributed by atoms with van der Waals surface area (Å²) in [6, 6.07) is 3.20. The average molecular weight is 300 g/mol. The minimum atomic E-state index is -3.67. The van der Waals surface area contributed by atoms with Gasteiger partial charge in [-0.05, 0) is 29.9 Å². The Labute approximate surface area is 121 Å². The Morgan fingerprint density at radius 3 is 2.35 bits per heavy atom. The van der Waals surface area contributed by atoms with Crippen molar-refractivity contribution in [3.63, 3.8) is 0 Å². The van der Waals surface area contributed by atoms with Crippen molar-refractivity contribution in [3.8, 4) is 0 Å². The van der Waals surface area contributed by atoms with Crippen LogP contribution in [0.15, 0.2) is 23.4 Å². The van der Waals surface area contributed by atoms with E-state index in [4.69, 9.17) is 5.84 Å². The molecule has 0 aliphatic carbocycles. The highest BCUT2D eigenvalue weighted by molar-refractivity contribution is 7.89. The molecule has 0 aliphatic heterocycles. The molecule has 0 fully saturated rings. The molecule has 0 aliphatic rings. The summed E-state index contributed by atoms with van der Waals surface area (Å²) in [5.74, 6) is 6.38. The zero-order valence-electron chi connectivity index (χ0n) is 12.4. The van der Waals surface area contributed by atoms with Crippen LogP contribution in [-0.2, 0) is 10.0 Å². The first-order valence-electron chi connectivity index (χ1n) is 6.71. The molecular formula is C13H24N4O2S. The van der Waals surface area contributed by atoms with Crippen LogP contribution in [0.5, 0.6) is 0 Å². The average Bonchev–Trinajstić information content (AvgIpc) is 2.37. The number of aromatic nitrogens is 1. The maximum absolute atomic E-state index is 12.3. The molecule has 7 heteroatoms. The SMILES string of the molecule is CC(C)C(CNS(=O)(=O)c1ncccc1NN)C(C)C. The molecule has 1 aromatic heterocycles. The van der Waals surface area contributed by atoms with Gasteiger partial charge in [-0.1, -0.05) is 27.7 Å². The smallest absolute Gasteiger partial charge is 0.260 e. The van der Waals surface area contributed by atoms with E-state index in [1.54, 1.807) is 12.1 Å². The van der Waals surface area contributed by atoms with Gasteiger partial charge in [-0.25, -0.2) is 18.1 Å². The highest BCUT2D eigenvalue weighted by Gasteiger charge is 2.24. The fourth-order valence-electron chi connectivity index (χ4n) is 2.23. The first kappa shape index (κ1) is 16.9. The van der Waals surface area contributed by atoms with E-state index in [1.165, 1.54) is 6.20 Å². The Kier molecular flexibility index (Phi) is 5.91. The van der Waals surface area contributed by atoms with Crippen molar-refractivity contribution < 1.29 is 8.42 Å². The van der Waals surface area contributed by atoms with Gasteiger partial charge in [0.05, 0.1) is 5.69 Å². The molecular weight excluding hydrogens is 276 g/mol. The van der Waals surface area contributed by atoms with Crippen molar-refractivity contribution in [1.82, 2.24) is 9.71 Å². The van der Waals surface area contributed by atoms with Gasteiger partial charge in [0.25, 0.3) is 10.0 Å². The third-order valence-corrected chi connectivity index (χ3v) is 4.78. The Bertz CT molecular complexity index is 521. The number of hydrazine groups is 1. The molecule has 0 unspecified atom stereocenters. The third kappa shape index (κ3) is 4.16. The molecule has 1 heterocycles. The second-order valence-corrected chi connectivity index (χ2v) is 7.19. The summed E-state index contributed by atoms with van der Waals surface area (Å²) in [5.41, 5.74) is 2.64. The zero-order chi connectivity index (χ0) is 15.3. The number of rotatable bonds is 7. The van der Waals surface area contributed by atoms with Gasteiger partial charge in [-0.15, -0.1) is 0 Å². The van der Waals surface area contributed by atoms with E-state index in [2.05, 4.69) is 42.8 Å². The fraction of sp³-hybridized carbons (Fsp3) is 0.615. The summed E-state index contributed by atoms with van der Waals surface area (Å²) >= 11 is 0. The van der Waals surface area contributed by atoms with Crippen molar-refractivity contribution in [2.24, 2.45) is 23.6 Å². The molecule has 0 amide bonds. The number of anilines is 1. The van der Waals surface area contributed by atoms with Gasteiger partial charge in [0, 0.05) is 12.7 Å². The van der Waals surface area contributed by atoms with Crippen molar-refractivity contribution >= 4 is 15.7 Å². The lowest BCUT2D eigenvalue weighted by Crippen LogP contribution is -2.34. The summed E-state index contributed by atoms with van der Waals surface area (Å²) in [6.45, 7) is 8.75. The maximum atomic E-state index is 12.3. The van der Waals surface area contributed by atoms with Crippen LogP contribution in [0, 0.1) is 17.8 Å². The highest BCUT2D eigenvalue weighted by Crippen LogP contribution is 2.21. The van der Waals surface area contributed by atoms with Crippen LogP contribution in [0.25, 0.3) is 0 Å². The lowest BCUT2D eigenvalue weighted by Gasteiger charge is -2.25. The number of hydrogen-bond donors (Lipinski definition) is 3. The summed E-state index contributed by atoms with van der Waals surface area (Å²) in [6.07, 6.45) is 1.43. The molecule has 0 aromatic carbocycles. The van der Waals surface area contributed by atoms with Gasteiger partial charge in [-0.2, -0.15) is 0 Å². The van der Waals surface area contributed by atoms with Crippen molar-refractivity contribution in [2.45, 2.75) is 32.7 Å². The molecule has 0 radical (unpaired) electrons. The molecule has 114 valence electrons. The summed E-state index contributed by atoms with van der Waals surface area (Å²) < 4.78 is 27.2. The summed E-state index contributed by atoms with van der Waals surface area (Å²) in [5, 5.41) is -0.0752. The predicted molar refractivity (Wildman–Crippen MR) is 80.4 cm³/mol. The first-order chi connectivity index (χ1) is 9.29. The van der Waals surface area contributed by atoms with Gasteiger partial charge in [0.1, 0.15) is 0 Å². The quantitative estimate of drug-likeness (QED) is 0.524. The Morgan fingerprint density at radius 2 is 1.85 bits per heavy atom. The van der Waals surface area contributed by atoms with Gasteiger partial charge in [0.2, 0.25) is 0 Å². The molecule has 4 N–H and O–H groups in total. The number of nitrogens with one attached hydrogen (secondary N) is 2. The maximum Gasteiger partial charge on any atom is 0.260 e. The molecule has 0 saturated heterocycles. The molecule has 1 rings (SSSR count). The molecule has 0 bridgehead atoms. The van der Waals surface area contributed by atoms with Crippen LogP contribution in [0.4, 0.5) is 5.69 Å². The van der Waals surface area contributed by atoms with Gasteiger partial charge in [0.15, 0.2) is 5.03 Å². The molecule has 0 atom stereocenters. The van der Waals surface area contributed by atoms with E-state index in [9.17, 15) is 8.42 Å². The predicted octanol–water partition coefficient (Wildman–Crippen LogP) is 1.57. The molecule has 0 saturated carbocycles. The van der Waals surface area contributed by atoms with Crippen LogP contribution < -0.4 is 16.0 Å². The Morgan fingerprint density at radius 1 is 1.25 bits per heavy atom. The lowest BCUT2D eigenvalue weighted by atomic mass is 9.86. The lowest BCUT2D eigenvalue weighted by molar-refractivity contribution is 0.289. The van der Waals surface area contributed by atoms with Crippen LogP contribution in [-0.4, -0.2) is 19.9 Å². The van der Waals surface area contributed by atoms with E-state index >= 15 is 0 Å². The fourth-order valence-corrected chi connectivity index (χ4v) is 3.40. The second-order valence-electron chi connectivity index (χ2n) is 5.50.